The van der Waals surface area contributed by atoms with Gasteiger partial charge in [0.05, 0.1) is 7.11 Å². The maximum atomic E-state index is 13.7. The van der Waals surface area contributed by atoms with Gasteiger partial charge in [0.1, 0.15) is 5.75 Å². The Balaban J connectivity index is 1.23. The van der Waals surface area contributed by atoms with Crippen molar-refractivity contribution in [1.82, 2.24) is 14.5 Å². The van der Waals surface area contributed by atoms with Gasteiger partial charge in [0.25, 0.3) is 16.1 Å². The molecule has 0 spiro atoms. The van der Waals surface area contributed by atoms with Crippen LogP contribution in [0.2, 0.25) is 0 Å². The molecule has 0 radical (unpaired) electrons. The van der Waals surface area contributed by atoms with Crippen molar-refractivity contribution in [3.8, 4) is 11.5 Å². The summed E-state index contributed by atoms with van der Waals surface area (Å²) in [6, 6.07) is 13.3. The van der Waals surface area contributed by atoms with E-state index in [2.05, 4.69) is 12.2 Å². The molecule has 3 N–H and O–H groups in total. The van der Waals surface area contributed by atoms with Crippen LogP contribution in [0.5, 0.6) is 11.5 Å². The lowest BCUT2D eigenvalue weighted by Crippen LogP contribution is -2.53. The van der Waals surface area contributed by atoms with Crippen LogP contribution in [0.15, 0.2) is 42.5 Å². The monoisotopic (exact) mass is 534 g/mol. The molecule has 1 heterocycles. The van der Waals surface area contributed by atoms with Gasteiger partial charge in [-0.05, 0) is 67.5 Å². The summed E-state index contributed by atoms with van der Waals surface area (Å²) >= 11 is 0. The Morgan fingerprint density at radius 1 is 1.14 bits per heavy atom. The Hall–Kier alpha value is -2.73. The van der Waals surface area contributed by atoms with E-state index in [0.717, 1.165) is 24.8 Å². The van der Waals surface area contributed by atoms with Crippen LogP contribution in [0, 0.1) is 5.82 Å². The first-order valence-electron chi connectivity index (χ1n) is 12.5. The second-order valence-electron chi connectivity index (χ2n) is 9.67. The third-order valence-electron chi connectivity index (χ3n) is 7.26. The molecule has 0 unspecified atom stereocenters. The molecule has 4 rings (SSSR count). The number of methoxy groups -OCH3 is 1. The smallest absolute Gasteiger partial charge is 0.277 e. The summed E-state index contributed by atoms with van der Waals surface area (Å²) in [6.45, 7) is 2.94. The highest BCUT2D eigenvalue weighted by atomic mass is 32.2. The minimum Gasteiger partial charge on any atom is -0.494 e. The van der Waals surface area contributed by atoms with Crippen LogP contribution in [-0.2, 0) is 15.0 Å². The number of benzene rings is 2. The van der Waals surface area contributed by atoms with Crippen molar-refractivity contribution in [3.05, 3.63) is 59.4 Å². The third-order valence-corrected chi connectivity index (χ3v) is 8.34. The summed E-state index contributed by atoms with van der Waals surface area (Å²) in [5.41, 5.74) is 2.22. The van der Waals surface area contributed by atoms with E-state index in [1.807, 2.05) is 24.3 Å². The van der Waals surface area contributed by atoms with Crippen molar-refractivity contribution in [3.63, 3.8) is 0 Å². The molecule has 11 heteroatoms. The lowest BCUT2D eigenvalue weighted by Gasteiger charge is -2.32. The van der Waals surface area contributed by atoms with Crippen molar-refractivity contribution in [1.29, 1.82) is 0 Å². The highest BCUT2D eigenvalue weighted by molar-refractivity contribution is 7.86. The molecule has 1 saturated carbocycles. The number of nitrogens with two attached hydrogens (primary N) is 1. The number of carbonyl (C=O) groups is 1. The maximum Gasteiger partial charge on any atom is 0.277 e. The van der Waals surface area contributed by atoms with Crippen molar-refractivity contribution >= 4 is 16.1 Å². The van der Waals surface area contributed by atoms with E-state index in [1.165, 1.54) is 23.0 Å². The van der Waals surface area contributed by atoms with Gasteiger partial charge < -0.3 is 19.7 Å². The molecule has 1 aliphatic heterocycles. The Kier molecular flexibility index (Phi) is 8.68. The summed E-state index contributed by atoms with van der Waals surface area (Å²) in [6.07, 6.45) is 3.13. The zero-order valence-electron chi connectivity index (χ0n) is 21.2. The molecule has 1 saturated heterocycles. The summed E-state index contributed by atoms with van der Waals surface area (Å²) in [7, 11) is -2.26. The fraction of sp³-hybridized carbons (Fsp3) is 0.500. The average Bonchev–Trinajstić information content (AvgIpc) is 3.35. The number of nitrogens with one attached hydrogen (secondary N) is 1. The Bertz CT molecular complexity index is 1190. The van der Waals surface area contributed by atoms with Crippen LogP contribution in [0.4, 0.5) is 4.39 Å². The van der Waals surface area contributed by atoms with E-state index in [9.17, 15) is 17.6 Å². The van der Waals surface area contributed by atoms with Crippen LogP contribution < -0.4 is 19.9 Å². The molecule has 0 aromatic heterocycles. The normalized spacial score (nSPS) is 21.6. The van der Waals surface area contributed by atoms with Gasteiger partial charge in [-0.15, -0.1) is 0 Å². The van der Waals surface area contributed by atoms with Crippen molar-refractivity contribution in [2.45, 2.75) is 44.2 Å². The molecule has 202 valence electrons. The topological polar surface area (TPSA) is 114 Å². The minimum atomic E-state index is -3.73. The zero-order valence-corrected chi connectivity index (χ0v) is 22.0. The summed E-state index contributed by atoms with van der Waals surface area (Å²) in [4.78, 5) is 14.0. The quantitative estimate of drug-likeness (QED) is 0.511. The van der Waals surface area contributed by atoms with Crippen LogP contribution in [0.1, 0.15) is 49.3 Å². The van der Waals surface area contributed by atoms with E-state index in [1.54, 1.807) is 17.0 Å². The number of hydrogen-bond donors (Lipinski definition) is 2. The van der Waals surface area contributed by atoms with Gasteiger partial charge >= 0.3 is 0 Å². The Morgan fingerprint density at radius 3 is 2.49 bits per heavy atom. The lowest BCUT2D eigenvalue weighted by atomic mass is 9.97. The summed E-state index contributed by atoms with van der Waals surface area (Å²) in [5.74, 6) is 0.754. The van der Waals surface area contributed by atoms with Crippen molar-refractivity contribution < 1.29 is 27.1 Å². The van der Waals surface area contributed by atoms with Crippen molar-refractivity contribution in [2.24, 2.45) is 5.14 Å². The van der Waals surface area contributed by atoms with Crippen LogP contribution in [0.25, 0.3) is 0 Å². The molecule has 1 aliphatic carbocycles. The number of nitrogens with zero attached hydrogens (tertiary/aromatic N) is 2. The molecule has 2 fully saturated rings. The third kappa shape index (κ3) is 6.98. The van der Waals surface area contributed by atoms with Crippen LogP contribution in [0.3, 0.4) is 0 Å². The Labute approximate surface area is 217 Å². The molecule has 37 heavy (non-hydrogen) atoms. The standard InChI is InChI=1S/C26H35FN4O5S/c1-18(20-6-10-24(27)25(16-20)35-2)29-22-7-3-21(15-22)19-4-8-23(9-5-19)36-17-26(32)30-11-13-31(14-12-30)37(28,33)34/h4-6,8-10,16,18,21-22,29H,3,7,11-15,17H2,1-2H3,(H2,28,33,34)/t18-,21-,22+/m1/s1. The molecule has 2 aromatic carbocycles. The van der Waals surface area contributed by atoms with E-state index in [-0.39, 0.29) is 43.2 Å². The molecule has 2 aromatic rings. The first-order chi connectivity index (χ1) is 17.6. The van der Waals surface area contributed by atoms with E-state index < -0.39 is 10.2 Å². The molecule has 9 nitrogen and oxygen atoms in total. The van der Waals surface area contributed by atoms with Gasteiger partial charge in [0.15, 0.2) is 18.2 Å². The molecular formula is C26H35FN4O5S. The van der Waals surface area contributed by atoms with Gasteiger partial charge in [-0.1, -0.05) is 18.2 Å². The number of piperazine rings is 1. The Morgan fingerprint density at radius 2 is 1.84 bits per heavy atom. The fourth-order valence-corrected chi connectivity index (χ4v) is 5.77. The number of amides is 1. The molecule has 1 amide bonds. The van der Waals surface area contributed by atoms with Gasteiger partial charge in [0, 0.05) is 38.3 Å². The first kappa shape index (κ1) is 27.3. The zero-order chi connectivity index (χ0) is 26.6. The first-order valence-corrected chi connectivity index (χ1v) is 14.0. The number of ether oxygens (including phenoxy) is 2. The van der Waals surface area contributed by atoms with Gasteiger partial charge in [0.2, 0.25) is 0 Å². The molecular weight excluding hydrogens is 499 g/mol. The molecule has 2 aliphatic rings. The van der Waals surface area contributed by atoms with Gasteiger partial charge in [-0.25, -0.2) is 9.53 Å². The number of halogens is 1. The minimum absolute atomic E-state index is 0.0780. The average molecular weight is 535 g/mol. The van der Waals surface area contributed by atoms with E-state index in [0.29, 0.717) is 30.8 Å². The van der Waals surface area contributed by atoms with Crippen LogP contribution >= 0.6 is 0 Å². The predicted molar refractivity (Wildman–Crippen MR) is 138 cm³/mol. The second-order valence-corrected chi connectivity index (χ2v) is 11.2. The highest BCUT2D eigenvalue weighted by Gasteiger charge is 2.28. The van der Waals surface area contributed by atoms with E-state index in [4.69, 9.17) is 14.6 Å². The van der Waals surface area contributed by atoms with Crippen LogP contribution in [-0.4, -0.2) is 69.5 Å². The van der Waals surface area contributed by atoms with Gasteiger partial charge in [-0.3, -0.25) is 4.79 Å². The van der Waals surface area contributed by atoms with E-state index >= 15 is 0 Å². The summed E-state index contributed by atoms with van der Waals surface area (Å²) < 4.78 is 48.5. The molecule has 3 atom stereocenters. The van der Waals surface area contributed by atoms with Crippen molar-refractivity contribution in [2.75, 3.05) is 39.9 Å². The maximum absolute atomic E-state index is 13.7. The second kappa shape index (κ2) is 11.8. The number of rotatable bonds is 9. The highest BCUT2D eigenvalue weighted by Crippen LogP contribution is 2.36. The van der Waals surface area contributed by atoms with Gasteiger partial charge in [-0.2, -0.15) is 12.7 Å². The lowest BCUT2D eigenvalue weighted by molar-refractivity contribution is -0.134. The fourth-order valence-electron chi connectivity index (χ4n) is 5.10. The molecule has 0 bridgehead atoms. The predicted octanol–water partition coefficient (Wildman–Crippen LogP) is 2.55. The largest absolute Gasteiger partial charge is 0.494 e. The SMILES string of the molecule is COc1cc([C@@H](C)N[C@H]2CC[C@@H](c3ccc(OCC(=O)N4CCN(S(N)(=O)=O)CC4)cc3)C2)ccc1F. The summed E-state index contributed by atoms with van der Waals surface area (Å²) in [5, 5.41) is 8.81. The number of carbonyl (C=O) groups excluding carboxylic acids is 1. The number of hydrogen-bond acceptors (Lipinski definition) is 6.